The smallest absolute Gasteiger partial charge is 0.0363 e. The van der Waals surface area contributed by atoms with Crippen LogP contribution in [0.2, 0.25) is 0 Å². The van der Waals surface area contributed by atoms with Crippen LogP contribution in [0.1, 0.15) is 33.1 Å². The van der Waals surface area contributed by atoms with Crippen LogP contribution in [0.5, 0.6) is 0 Å². The predicted octanol–water partition coefficient (Wildman–Crippen LogP) is 3.54. The van der Waals surface area contributed by atoms with E-state index in [2.05, 4.69) is 68.5 Å². The van der Waals surface area contributed by atoms with Crippen molar-refractivity contribution in [3.05, 3.63) is 30.3 Å². The Hall–Kier alpha value is -1.02. The molecule has 0 aromatic heterocycles. The maximum atomic E-state index is 3.57. The molecule has 2 nitrogen and oxygen atoms in total. The summed E-state index contributed by atoms with van der Waals surface area (Å²) in [6.45, 7) is 5.95. The second-order valence-corrected chi connectivity index (χ2v) is 6.62. The van der Waals surface area contributed by atoms with Crippen LogP contribution < -0.4 is 10.2 Å². The number of benzene rings is 1. The Morgan fingerprint density at radius 2 is 1.95 bits per heavy atom. The van der Waals surface area contributed by atoms with E-state index in [4.69, 9.17) is 0 Å². The van der Waals surface area contributed by atoms with Crippen LogP contribution in [0.4, 0.5) is 5.69 Å². The van der Waals surface area contributed by atoms with E-state index >= 15 is 0 Å². The van der Waals surface area contributed by atoms with Crippen molar-refractivity contribution >= 4 is 5.69 Å². The number of rotatable bonds is 4. The normalized spacial score (nSPS) is 26.1. The van der Waals surface area contributed by atoms with Gasteiger partial charge >= 0.3 is 0 Å². The molecule has 1 aliphatic rings. The van der Waals surface area contributed by atoms with Gasteiger partial charge in [0, 0.05) is 25.3 Å². The van der Waals surface area contributed by atoms with Crippen molar-refractivity contribution in [1.29, 1.82) is 0 Å². The largest absolute Gasteiger partial charge is 0.374 e. The van der Waals surface area contributed by atoms with Gasteiger partial charge in [0.05, 0.1) is 0 Å². The lowest BCUT2D eigenvalue weighted by molar-refractivity contribution is 0.118. The topological polar surface area (TPSA) is 15.3 Å². The van der Waals surface area contributed by atoms with Gasteiger partial charge in [-0.2, -0.15) is 0 Å². The number of nitrogens with one attached hydrogen (secondary N) is 1. The van der Waals surface area contributed by atoms with Gasteiger partial charge in [0.1, 0.15) is 0 Å². The van der Waals surface area contributed by atoms with Gasteiger partial charge in [-0.15, -0.1) is 0 Å². The molecule has 1 aromatic carbocycles. The van der Waals surface area contributed by atoms with Crippen LogP contribution in [0.25, 0.3) is 0 Å². The summed E-state index contributed by atoms with van der Waals surface area (Å²) in [5, 5.41) is 3.57. The molecule has 0 amide bonds. The van der Waals surface area contributed by atoms with Crippen LogP contribution >= 0.6 is 0 Å². The number of para-hydroxylation sites is 1. The fourth-order valence-corrected chi connectivity index (χ4v) is 3.74. The molecule has 1 N–H and O–H groups in total. The molecule has 2 heteroatoms. The lowest BCUT2D eigenvalue weighted by Crippen LogP contribution is -2.51. The molecule has 2 rings (SSSR count). The van der Waals surface area contributed by atoms with E-state index in [1.165, 1.54) is 24.9 Å². The van der Waals surface area contributed by atoms with Crippen molar-refractivity contribution in [2.45, 2.75) is 39.2 Å². The average Bonchev–Trinajstić information content (AvgIpc) is 2.39. The highest BCUT2D eigenvalue weighted by Crippen LogP contribution is 2.39. The Bertz CT molecular complexity index is 386. The third kappa shape index (κ3) is 3.30. The Balaban J connectivity index is 2.05. The zero-order valence-corrected chi connectivity index (χ0v) is 12.8. The van der Waals surface area contributed by atoms with Gasteiger partial charge in [0.15, 0.2) is 0 Å². The number of hydrogen-bond donors (Lipinski definition) is 1. The quantitative estimate of drug-likeness (QED) is 0.891. The summed E-state index contributed by atoms with van der Waals surface area (Å²) in [4.78, 5) is 2.40. The van der Waals surface area contributed by atoms with Crippen LogP contribution in [0.3, 0.4) is 0 Å². The monoisotopic (exact) mass is 260 g/mol. The van der Waals surface area contributed by atoms with Gasteiger partial charge in [0.2, 0.25) is 0 Å². The minimum atomic E-state index is 0.412. The van der Waals surface area contributed by atoms with Gasteiger partial charge in [-0.3, -0.25) is 0 Å². The summed E-state index contributed by atoms with van der Waals surface area (Å²) < 4.78 is 0. The molecule has 0 radical (unpaired) electrons. The summed E-state index contributed by atoms with van der Waals surface area (Å²) in [6.07, 6.45) is 4.04. The minimum Gasteiger partial charge on any atom is -0.374 e. The third-order valence-electron chi connectivity index (χ3n) is 4.73. The van der Waals surface area contributed by atoms with Crippen molar-refractivity contribution in [2.24, 2.45) is 11.3 Å². The minimum absolute atomic E-state index is 0.412. The lowest BCUT2D eigenvalue weighted by atomic mass is 9.68. The third-order valence-corrected chi connectivity index (χ3v) is 4.73. The fraction of sp³-hybridized carbons (Fsp3) is 0.647. The molecular formula is C17H28N2. The SMILES string of the molecule is CNC1C(CN(C)c2ccccc2)CCCC1(C)C. The first-order valence-electron chi connectivity index (χ1n) is 7.48. The van der Waals surface area contributed by atoms with Crippen molar-refractivity contribution in [1.82, 2.24) is 5.32 Å². The van der Waals surface area contributed by atoms with Gasteiger partial charge in [-0.05, 0) is 43.4 Å². The summed E-state index contributed by atoms with van der Waals surface area (Å²) >= 11 is 0. The zero-order chi connectivity index (χ0) is 13.9. The van der Waals surface area contributed by atoms with Gasteiger partial charge in [-0.1, -0.05) is 38.5 Å². The van der Waals surface area contributed by atoms with E-state index in [9.17, 15) is 0 Å². The molecule has 0 aliphatic heterocycles. The van der Waals surface area contributed by atoms with Gasteiger partial charge < -0.3 is 10.2 Å². The molecule has 0 saturated heterocycles. The Morgan fingerprint density at radius 3 is 2.58 bits per heavy atom. The first kappa shape index (κ1) is 14.4. The summed E-state index contributed by atoms with van der Waals surface area (Å²) in [6, 6.07) is 11.3. The summed E-state index contributed by atoms with van der Waals surface area (Å²) in [5.41, 5.74) is 1.73. The van der Waals surface area contributed by atoms with Crippen LogP contribution in [-0.2, 0) is 0 Å². The number of nitrogens with zero attached hydrogens (tertiary/aromatic N) is 1. The van der Waals surface area contributed by atoms with Crippen molar-refractivity contribution < 1.29 is 0 Å². The molecule has 19 heavy (non-hydrogen) atoms. The first-order valence-corrected chi connectivity index (χ1v) is 7.48. The van der Waals surface area contributed by atoms with Crippen LogP contribution in [0.15, 0.2) is 30.3 Å². The highest BCUT2D eigenvalue weighted by molar-refractivity contribution is 5.45. The number of hydrogen-bond acceptors (Lipinski definition) is 2. The summed E-state index contributed by atoms with van der Waals surface area (Å²) in [7, 11) is 4.33. The molecule has 1 aromatic rings. The molecule has 2 atom stereocenters. The van der Waals surface area contributed by atoms with Crippen LogP contribution in [0, 0.1) is 11.3 Å². The molecule has 0 bridgehead atoms. The maximum absolute atomic E-state index is 3.57. The molecule has 1 saturated carbocycles. The highest BCUT2D eigenvalue weighted by atomic mass is 15.1. The predicted molar refractivity (Wildman–Crippen MR) is 83.7 cm³/mol. The van der Waals surface area contributed by atoms with E-state index in [1.54, 1.807) is 0 Å². The van der Waals surface area contributed by atoms with E-state index in [-0.39, 0.29) is 0 Å². The zero-order valence-electron chi connectivity index (χ0n) is 12.8. The number of anilines is 1. The molecule has 0 heterocycles. The van der Waals surface area contributed by atoms with E-state index in [1.807, 2.05) is 0 Å². The maximum Gasteiger partial charge on any atom is 0.0363 e. The standard InChI is InChI=1S/C17H28N2/c1-17(2)12-8-9-14(16(17)18-3)13-19(4)15-10-6-5-7-11-15/h5-7,10-11,14,16,18H,8-9,12-13H2,1-4H3. The van der Waals surface area contributed by atoms with Crippen molar-refractivity contribution in [3.8, 4) is 0 Å². The van der Waals surface area contributed by atoms with E-state index in [0.29, 0.717) is 11.5 Å². The molecule has 0 spiro atoms. The van der Waals surface area contributed by atoms with Gasteiger partial charge in [-0.25, -0.2) is 0 Å². The molecule has 2 unspecified atom stereocenters. The van der Waals surface area contributed by atoms with E-state index < -0.39 is 0 Å². The first-order chi connectivity index (χ1) is 9.04. The molecule has 106 valence electrons. The van der Waals surface area contributed by atoms with Crippen LogP contribution in [-0.4, -0.2) is 26.7 Å². The molecular weight excluding hydrogens is 232 g/mol. The Morgan fingerprint density at radius 1 is 1.26 bits per heavy atom. The second kappa shape index (κ2) is 5.96. The Labute approximate surface area is 118 Å². The van der Waals surface area contributed by atoms with Crippen molar-refractivity contribution in [2.75, 3.05) is 25.5 Å². The second-order valence-electron chi connectivity index (χ2n) is 6.62. The summed E-state index contributed by atoms with van der Waals surface area (Å²) in [5.74, 6) is 0.735. The highest BCUT2D eigenvalue weighted by Gasteiger charge is 2.38. The average molecular weight is 260 g/mol. The van der Waals surface area contributed by atoms with Crippen molar-refractivity contribution in [3.63, 3.8) is 0 Å². The van der Waals surface area contributed by atoms with E-state index in [0.717, 1.165) is 12.5 Å². The Kier molecular flexibility index (Phi) is 4.51. The lowest BCUT2D eigenvalue weighted by Gasteiger charge is -2.45. The molecule has 1 aliphatic carbocycles. The van der Waals surface area contributed by atoms with Gasteiger partial charge in [0.25, 0.3) is 0 Å². The molecule has 1 fully saturated rings. The fourth-order valence-electron chi connectivity index (χ4n) is 3.74.